The molecule has 70 valence electrons. The van der Waals surface area contributed by atoms with Crippen LogP contribution in [0.3, 0.4) is 0 Å². The summed E-state index contributed by atoms with van der Waals surface area (Å²) < 4.78 is 0. The molecule has 1 fully saturated rings. The van der Waals surface area contributed by atoms with E-state index in [0.717, 1.165) is 19.5 Å². The number of amides is 1. The van der Waals surface area contributed by atoms with Gasteiger partial charge in [0.05, 0.1) is 5.56 Å². The van der Waals surface area contributed by atoms with Crippen molar-refractivity contribution in [3.8, 4) is 0 Å². The lowest BCUT2D eigenvalue weighted by molar-refractivity contribution is 0.0940. The monoisotopic (exact) mass is 179 g/mol. The van der Waals surface area contributed by atoms with E-state index in [0.29, 0.717) is 11.6 Å². The average Bonchev–Trinajstić information content (AvgIpc) is 2.74. The summed E-state index contributed by atoms with van der Waals surface area (Å²) in [6, 6.07) is 2.07. The summed E-state index contributed by atoms with van der Waals surface area (Å²) in [5.41, 5.74) is 0.701. The van der Waals surface area contributed by atoms with Gasteiger partial charge in [0, 0.05) is 25.0 Å². The van der Waals surface area contributed by atoms with E-state index in [-0.39, 0.29) is 5.91 Å². The Hall–Kier alpha value is -1.29. The largest absolute Gasteiger partial charge is 0.367 e. The molecule has 2 heterocycles. The molecule has 0 saturated carbocycles. The topological polar surface area (TPSA) is 56.9 Å². The van der Waals surface area contributed by atoms with Gasteiger partial charge in [-0.3, -0.25) is 4.79 Å². The highest BCUT2D eigenvalue weighted by Gasteiger charge is 2.17. The van der Waals surface area contributed by atoms with Gasteiger partial charge in [0.2, 0.25) is 0 Å². The molecule has 0 spiro atoms. The summed E-state index contributed by atoms with van der Waals surface area (Å²) in [6.45, 7) is 1.88. The number of aromatic nitrogens is 1. The smallest absolute Gasteiger partial charge is 0.253 e. The Morgan fingerprint density at radius 1 is 1.62 bits per heavy atom. The van der Waals surface area contributed by atoms with E-state index in [9.17, 15) is 4.79 Å². The third kappa shape index (κ3) is 1.89. The van der Waals surface area contributed by atoms with Gasteiger partial charge < -0.3 is 15.6 Å². The molecule has 1 saturated heterocycles. The lowest BCUT2D eigenvalue weighted by Crippen LogP contribution is -2.35. The van der Waals surface area contributed by atoms with Crippen molar-refractivity contribution in [2.24, 2.45) is 0 Å². The van der Waals surface area contributed by atoms with Gasteiger partial charge in [0.15, 0.2) is 0 Å². The lowest BCUT2D eigenvalue weighted by atomic mass is 10.2. The number of hydrogen-bond acceptors (Lipinski definition) is 2. The minimum Gasteiger partial charge on any atom is -0.367 e. The molecule has 4 nitrogen and oxygen atoms in total. The van der Waals surface area contributed by atoms with Gasteiger partial charge in [0.25, 0.3) is 5.91 Å². The molecule has 4 heteroatoms. The normalized spacial score (nSPS) is 21.7. The second-order valence-electron chi connectivity index (χ2n) is 3.26. The van der Waals surface area contributed by atoms with Gasteiger partial charge in [-0.15, -0.1) is 0 Å². The number of carbonyl (C=O) groups is 1. The predicted molar refractivity (Wildman–Crippen MR) is 49.5 cm³/mol. The Bertz CT molecular complexity index is 275. The Kier molecular flexibility index (Phi) is 2.31. The van der Waals surface area contributed by atoms with Gasteiger partial charge in [-0.1, -0.05) is 0 Å². The minimum atomic E-state index is 0.00921. The summed E-state index contributed by atoms with van der Waals surface area (Å²) in [5, 5.41) is 6.16. The molecule has 1 amide bonds. The maximum atomic E-state index is 11.5. The number of H-pyrrole nitrogens is 1. The molecule has 1 aromatic rings. The van der Waals surface area contributed by atoms with E-state index in [1.165, 1.54) is 0 Å². The molecular weight excluding hydrogens is 166 g/mol. The zero-order valence-corrected chi connectivity index (χ0v) is 7.34. The van der Waals surface area contributed by atoms with Crippen molar-refractivity contribution in [3.63, 3.8) is 0 Å². The van der Waals surface area contributed by atoms with Crippen LogP contribution in [0.2, 0.25) is 0 Å². The number of nitrogens with one attached hydrogen (secondary N) is 3. The molecule has 1 atom stereocenters. The lowest BCUT2D eigenvalue weighted by Gasteiger charge is -2.09. The molecule has 13 heavy (non-hydrogen) atoms. The number of rotatable bonds is 2. The second kappa shape index (κ2) is 3.62. The van der Waals surface area contributed by atoms with Crippen LogP contribution in [0.5, 0.6) is 0 Å². The van der Waals surface area contributed by atoms with Crippen LogP contribution in [-0.2, 0) is 0 Å². The third-order valence-electron chi connectivity index (χ3n) is 2.26. The molecule has 3 N–H and O–H groups in total. The van der Waals surface area contributed by atoms with Crippen molar-refractivity contribution in [1.82, 2.24) is 15.6 Å². The standard InChI is InChI=1S/C9H13N3O/c13-9(7-1-3-10-5-7)12-8-2-4-11-6-8/h1,3,5,8,10-11H,2,4,6H2,(H,12,13)/t8-/m1/s1. The van der Waals surface area contributed by atoms with Gasteiger partial charge in [-0.25, -0.2) is 0 Å². The summed E-state index contributed by atoms with van der Waals surface area (Å²) in [6.07, 6.45) is 4.48. The Morgan fingerprint density at radius 3 is 3.15 bits per heavy atom. The van der Waals surface area contributed by atoms with Crippen molar-refractivity contribution in [2.75, 3.05) is 13.1 Å². The van der Waals surface area contributed by atoms with Crippen LogP contribution in [0.1, 0.15) is 16.8 Å². The quantitative estimate of drug-likeness (QED) is 0.603. The molecule has 0 bridgehead atoms. The third-order valence-corrected chi connectivity index (χ3v) is 2.26. The van der Waals surface area contributed by atoms with Crippen LogP contribution >= 0.6 is 0 Å². The van der Waals surface area contributed by atoms with Gasteiger partial charge >= 0.3 is 0 Å². The summed E-state index contributed by atoms with van der Waals surface area (Å²) in [7, 11) is 0. The van der Waals surface area contributed by atoms with Crippen LogP contribution in [0.15, 0.2) is 18.5 Å². The molecule has 0 aliphatic carbocycles. The summed E-state index contributed by atoms with van der Waals surface area (Å²) in [5.74, 6) is 0.00921. The molecular formula is C9H13N3O. The van der Waals surface area contributed by atoms with Crippen LogP contribution in [0.25, 0.3) is 0 Å². The summed E-state index contributed by atoms with van der Waals surface area (Å²) in [4.78, 5) is 14.4. The first-order chi connectivity index (χ1) is 6.36. The molecule has 2 rings (SSSR count). The molecule has 1 aliphatic rings. The zero-order chi connectivity index (χ0) is 9.10. The fourth-order valence-corrected chi connectivity index (χ4v) is 1.51. The highest BCUT2D eigenvalue weighted by Crippen LogP contribution is 2.01. The number of aromatic amines is 1. The van der Waals surface area contributed by atoms with Crippen LogP contribution in [-0.4, -0.2) is 30.0 Å². The zero-order valence-electron chi connectivity index (χ0n) is 7.34. The van der Waals surface area contributed by atoms with Crippen molar-refractivity contribution < 1.29 is 4.79 Å². The first-order valence-electron chi connectivity index (χ1n) is 4.50. The van der Waals surface area contributed by atoms with Gasteiger partial charge in [-0.2, -0.15) is 0 Å². The Balaban J connectivity index is 1.91. The molecule has 0 radical (unpaired) electrons. The van der Waals surface area contributed by atoms with Crippen LogP contribution in [0.4, 0.5) is 0 Å². The number of carbonyl (C=O) groups excluding carboxylic acids is 1. The molecule has 1 aliphatic heterocycles. The minimum absolute atomic E-state index is 0.00921. The van der Waals surface area contributed by atoms with Crippen LogP contribution in [0, 0.1) is 0 Å². The van der Waals surface area contributed by atoms with E-state index < -0.39 is 0 Å². The maximum Gasteiger partial charge on any atom is 0.253 e. The average molecular weight is 179 g/mol. The number of hydrogen-bond donors (Lipinski definition) is 3. The van der Waals surface area contributed by atoms with E-state index in [4.69, 9.17) is 0 Å². The molecule has 0 unspecified atom stereocenters. The molecule has 1 aromatic heterocycles. The van der Waals surface area contributed by atoms with Crippen molar-refractivity contribution in [1.29, 1.82) is 0 Å². The first-order valence-corrected chi connectivity index (χ1v) is 4.50. The second-order valence-corrected chi connectivity index (χ2v) is 3.26. The van der Waals surface area contributed by atoms with Crippen molar-refractivity contribution >= 4 is 5.91 Å². The van der Waals surface area contributed by atoms with Gasteiger partial charge in [0.1, 0.15) is 0 Å². The highest BCUT2D eigenvalue weighted by atomic mass is 16.1. The SMILES string of the molecule is O=C(N[C@@H]1CCNC1)c1cc[nH]c1. The predicted octanol–water partition coefficient (Wildman–Crippen LogP) is 0.106. The first kappa shape index (κ1) is 8.31. The molecule has 0 aromatic carbocycles. The van der Waals surface area contributed by atoms with E-state index >= 15 is 0 Å². The van der Waals surface area contributed by atoms with Crippen molar-refractivity contribution in [3.05, 3.63) is 24.0 Å². The summed E-state index contributed by atoms with van der Waals surface area (Å²) >= 11 is 0. The maximum absolute atomic E-state index is 11.5. The fraction of sp³-hybridized carbons (Fsp3) is 0.444. The highest BCUT2D eigenvalue weighted by molar-refractivity contribution is 5.94. The Labute approximate surface area is 76.7 Å². The van der Waals surface area contributed by atoms with E-state index in [1.807, 2.05) is 0 Å². The van der Waals surface area contributed by atoms with Crippen LogP contribution < -0.4 is 10.6 Å². The van der Waals surface area contributed by atoms with E-state index in [1.54, 1.807) is 18.5 Å². The Morgan fingerprint density at radius 2 is 2.54 bits per heavy atom. The fourth-order valence-electron chi connectivity index (χ4n) is 1.51. The van der Waals surface area contributed by atoms with Crippen molar-refractivity contribution in [2.45, 2.75) is 12.5 Å². The van der Waals surface area contributed by atoms with Gasteiger partial charge in [-0.05, 0) is 19.0 Å². The van der Waals surface area contributed by atoms with E-state index in [2.05, 4.69) is 15.6 Å².